The number of carbonyl (C=O) groups is 3. The molecule has 9 nitrogen and oxygen atoms in total. The standard InChI is InChI=1S/C54H87NO8/c1-6-8-10-12-14-16-18-19-20-21-22-23-24-25-26-27-28-29-30-31-32-33-35-37-39-41-43-45-52(57)63-50(49-62-54(53(58)59)60-47-46-55(3,4)5)48-61-51(56)44-42-40-38-36-34-17-15-13-11-9-7-2/h8,10,13-16,19-20,22-23,25-26,28-29,31-32,35,37,50,54H,6-7,9,11-12,17-18,21,24,27,30,33-34,36,38-49H2,1-5H3/b10-8-,15-13-,16-14-,20-19-,23-22-,26-25-,29-28-,32-31-,37-35-. The SMILES string of the molecule is CC/C=C\C/C=C\C/C=C\C/C=C\C/C=C\C/C=C\C/C=C\C/C=C\CCCCC(=O)OC(COC(=O)CCCCCCC/C=C\CCCC)COC(OCC[N+](C)(C)C)C(=O)[O-]. The van der Waals surface area contributed by atoms with E-state index in [0.717, 1.165) is 103 Å². The minimum absolute atomic E-state index is 0.131. The Morgan fingerprint density at radius 3 is 1.40 bits per heavy atom. The Labute approximate surface area is 384 Å². The second-order valence-electron chi connectivity index (χ2n) is 16.7. The highest BCUT2D eigenvalue weighted by molar-refractivity contribution is 5.70. The van der Waals surface area contributed by atoms with Gasteiger partial charge in [0.1, 0.15) is 13.2 Å². The fraction of sp³-hybridized carbons (Fsp3) is 0.611. The molecule has 63 heavy (non-hydrogen) atoms. The number of quaternary nitrogens is 1. The topological polar surface area (TPSA) is 111 Å². The Kier molecular flexibility index (Phi) is 41.7. The number of allylic oxidation sites excluding steroid dienone is 18. The van der Waals surface area contributed by atoms with E-state index in [9.17, 15) is 19.5 Å². The minimum atomic E-state index is -1.64. The second-order valence-corrected chi connectivity index (χ2v) is 16.7. The average Bonchev–Trinajstić information content (AvgIpc) is 3.24. The van der Waals surface area contributed by atoms with E-state index >= 15 is 0 Å². The van der Waals surface area contributed by atoms with E-state index in [1.54, 1.807) is 0 Å². The van der Waals surface area contributed by atoms with E-state index in [4.69, 9.17) is 18.9 Å². The number of unbranched alkanes of at least 4 members (excludes halogenated alkanes) is 9. The number of likely N-dealkylation sites (N-methyl/N-ethyl adjacent to an activating group) is 1. The van der Waals surface area contributed by atoms with Crippen molar-refractivity contribution in [3.8, 4) is 0 Å². The highest BCUT2D eigenvalue weighted by atomic mass is 16.7. The predicted octanol–water partition coefficient (Wildman–Crippen LogP) is 11.9. The summed E-state index contributed by atoms with van der Waals surface area (Å²) in [5, 5.41) is 11.7. The van der Waals surface area contributed by atoms with Crippen molar-refractivity contribution in [2.45, 2.75) is 167 Å². The van der Waals surface area contributed by atoms with Crippen molar-refractivity contribution in [2.75, 3.05) is 47.5 Å². The van der Waals surface area contributed by atoms with Gasteiger partial charge in [-0.2, -0.15) is 0 Å². The first kappa shape index (κ1) is 58.9. The zero-order valence-corrected chi connectivity index (χ0v) is 40.1. The van der Waals surface area contributed by atoms with E-state index in [1.165, 1.54) is 12.8 Å². The van der Waals surface area contributed by atoms with E-state index in [2.05, 4.69) is 123 Å². The number of carboxylic acid groups (broad SMARTS) is 1. The lowest BCUT2D eigenvalue weighted by Gasteiger charge is -2.26. The Bertz CT molecular complexity index is 1390. The molecule has 0 radical (unpaired) electrons. The van der Waals surface area contributed by atoms with Gasteiger partial charge in [0.25, 0.3) is 0 Å². The van der Waals surface area contributed by atoms with Crippen LogP contribution in [-0.4, -0.2) is 82.3 Å². The van der Waals surface area contributed by atoms with Gasteiger partial charge in [0.15, 0.2) is 12.4 Å². The number of rotatable bonds is 42. The van der Waals surface area contributed by atoms with Crippen LogP contribution >= 0.6 is 0 Å². The molecule has 0 bridgehead atoms. The molecule has 2 unspecified atom stereocenters. The van der Waals surface area contributed by atoms with Crippen LogP contribution in [0.4, 0.5) is 0 Å². The summed E-state index contributed by atoms with van der Waals surface area (Å²) in [6.45, 7) is 4.49. The second kappa shape index (κ2) is 44.6. The fourth-order valence-corrected chi connectivity index (χ4v) is 5.76. The molecule has 0 aromatic rings. The third-order valence-electron chi connectivity index (χ3n) is 9.50. The van der Waals surface area contributed by atoms with Gasteiger partial charge in [-0.1, -0.05) is 155 Å². The molecular formula is C54H87NO8. The Hall–Kier alpha value is -4.05. The molecule has 0 amide bonds. The molecule has 0 aromatic carbocycles. The average molecular weight is 878 g/mol. The molecule has 0 spiro atoms. The molecule has 2 atom stereocenters. The van der Waals surface area contributed by atoms with Gasteiger partial charge in [0.2, 0.25) is 0 Å². The van der Waals surface area contributed by atoms with Crippen LogP contribution in [0.1, 0.15) is 155 Å². The summed E-state index contributed by atoms with van der Waals surface area (Å²) in [7, 11) is 5.88. The summed E-state index contributed by atoms with van der Waals surface area (Å²) in [6, 6.07) is 0. The zero-order chi connectivity index (χ0) is 46.3. The number of nitrogens with zero attached hydrogens (tertiary/aromatic N) is 1. The summed E-state index contributed by atoms with van der Waals surface area (Å²) in [5.74, 6) is -2.38. The summed E-state index contributed by atoms with van der Waals surface area (Å²) < 4.78 is 22.5. The van der Waals surface area contributed by atoms with Crippen LogP contribution in [0.5, 0.6) is 0 Å². The van der Waals surface area contributed by atoms with Crippen molar-refractivity contribution in [3.63, 3.8) is 0 Å². The van der Waals surface area contributed by atoms with E-state index < -0.39 is 24.3 Å². The molecular weight excluding hydrogens is 791 g/mol. The molecule has 0 fully saturated rings. The van der Waals surface area contributed by atoms with Gasteiger partial charge in [-0.3, -0.25) is 9.59 Å². The van der Waals surface area contributed by atoms with Gasteiger partial charge in [-0.15, -0.1) is 0 Å². The summed E-state index contributed by atoms with van der Waals surface area (Å²) >= 11 is 0. The van der Waals surface area contributed by atoms with Crippen LogP contribution in [0.15, 0.2) is 109 Å². The van der Waals surface area contributed by atoms with Crippen LogP contribution in [0.25, 0.3) is 0 Å². The molecule has 0 heterocycles. The molecule has 0 N–H and O–H groups in total. The lowest BCUT2D eigenvalue weighted by atomic mass is 10.1. The smallest absolute Gasteiger partial charge is 0.306 e. The first-order valence-electron chi connectivity index (χ1n) is 24.0. The molecule has 0 aliphatic heterocycles. The normalized spacial score (nSPS) is 13.9. The number of hydrogen-bond donors (Lipinski definition) is 0. The van der Waals surface area contributed by atoms with E-state index in [-0.39, 0.29) is 38.6 Å². The largest absolute Gasteiger partial charge is 0.545 e. The Morgan fingerprint density at radius 1 is 0.492 bits per heavy atom. The van der Waals surface area contributed by atoms with Crippen LogP contribution in [0, 0.1) is 0 Å². The van der Waals surface area contributed by atoms with Gasteiger partial charge in [0, 0.05) is 12.8 Å². The maximum absolute atomic E-state index is 12.8. The lowest BCUT2D eigenvalue weighted by molar-refractivity contribution is -0.870. The summed E-state index contributed by atoms with van der Waals surface area (Å²) in [6.07, 6.45) is 57.0. The maximum Gasteiger partial charge on any atom is 0.306 e. The van der Waals surface area contributed by atoms with Gasteiger partial charge >= 0.3 is 11.9 Å². The van der Waals surface area contributed by atoms with Crippen molar-refractivity contribution >= 4 is 17.9 Å². The minimum Gasteiger partial charge on any atom is -0.545 e. The number of ether oxygens (including phenoxy) is 4. The number of esters is 2. The van der Waals surface area contributed by atoms with Gasteiger partial charge in [-0.25, -0.2) is 0 Å². The quantitative estimate of drug-likeness (QED) is 0.0196. The van der Waals surface area contributed by atoms with E-state index in [1.807, 2.05) is 21.1 Å². The Balaban J connectivity index is 4.46. The number of hydrogen-bond acceptors (Lipinski definition) is 8. The predicted molar refractivity (Wildman–Crippen MR) is 260 cm³/mol. The van der Waals surface area contributed by atoms with Crippen molar-refractivity contribution in [3.05, 3.63) is 109 Å². The highest BCUT2D eigenvalue weighted by Gasteiger charge is 2.21. The zero-order valence-electron chi connectivity index (χ0n) is 40.1. The number of aliphatic carboxylic acids is 1. The third kappa shape index (κ3) is 45.8. The summed E-state index contributed by atoms with van der Waals surface area (Å²) in [5.41, 5.74) is 0. The molecule has 0 aliphatic rings. The van der Waals surface area contributed by atoms with Crippen LogP contribution < -0.4 is 5.11 Å². The number of carbonyl (C=O) groups excluding carboxylic acids is 3. The van der Waals surface area contributed by atoms with Crippen molar-refractivity contribution in [2.24, 2.45) is 0 Å². The molecule has 9 heteroatoms. The molecule has 0 aliphatic carbocycles. The van der Waals surface area contributed by atoms with E-state index in [0.29, 0.717) is 23.9 Å². The van der Waals surface area contributed by atoms with Gasteiger partial charge < -0.3 is 33.3 Å². The van der Waals surface area contributed by atoms with Crippen LogP contribution in [0.2, 0.25) is 0 Å². The van der Waals surface area contributed by atoms with Crippen molar-refractivity contribution in [1.82, 2.24) is 0 Å². The molecule has 0 saturated heterocycles. The molecule has 0 rings (SSSR count). The lowest BCUT2D eigenvalue weighted by Crippen LogP contribution is -2.44. The Morgan fingerprint density at radius 2 is 0.905 bits per heavy atom. The van der Waals surface area contributed by atoms with Crippen molar-refractivity contribution in [1.29, 1.82) is 0 Å². The number of carboxylic acids is 1. The van der Waals surface area contributed by atoms with Crippen LogP contribution in [-0.2, 0) is 33.3 Å². The summed E-state index contributed by atoms with van der Waals surface area (Å²) in [4.78, 5) is 37.0. The molecule has 0 aromatic heterocycles. The van der Waals surface area contributed by atoms with Crippen LogP contribution in [0.3, 0.4) is 0 Å². The first-order chi connectivity index (χ1) is 30.6. The maximum atomic E-state index is 12.8. The first-order valence-corrected chi connectivity index (χ1v) is 24.0. The van der Waals surface area contributed by atoms with Crippen molar-refractivity contribution < 1.29 is 42.9 Å². The van der Waals surface area contributed by atoms with Gasteiger partial charge in [0.05, 0.1) is 40.3 Å². The third-order valence-corrected chi connectivity index (χ3v) is 9.50. The monoisotopic (exact) mass is 878 g/mol. The molecule has 0 saturated carbocycles. The highest BCUT2D eigenvalue weighted by Crippen LogP contribution is 2.11. The fourth-order valence-electron chi connectivity index (χ4n) is 5.76. The molecule has 356 valence electrons. The van der Waals surface area contributed by atoms with Gasteiger partial charge in [-0.05, 0) is 96.3 Å².